The highest BCUT2D eigenvalue weighted by Gasteiger charge is 2.14. The second kappa shape index (κ2) is 6.39. The maximum atomic E-state index is 6.26. The lowest BCUT2D eigenvalue weighted by Gasteiger charge is -2.09. The summed E-state index contributed by atoms with van der Waals surface area (Å²) >= 11 is 6.26. The molecule has 0 radical (unpaired) electrons. The highest BCUT2D eigenvalue weighted by atomic mass is 35.5. The van der Waals surface area contributed by atoms with E-state index in [0.717, 1.165) is 28.3 Å². The summed E-state index contributed by atoms with van der Waals surface area (Å²) in [6.45, 7) is 0.815. The van der Waals surface area contributed by atoms with E-state index < -0.39 is 0 Å². The Morgan fingerprint density at radius 1 is 1.30 bits per heavy atom. The first-order chi connectivity index (χ1) is 11.1. The summed E-state index contributed by atoms with van der Waals surface area (Å²) < 4.78 is 8.78. The van der Waals surface area contributed by atoms with Crippen LogP contribution in [0, 0.1) is 0 Å². The van der Waals surface area contributed by atoms with E-state index in [2.05, 4.69) is 15.4 Å². The minimum absolute atomic E-state index is 0.349. The van der Waals surface area contributed by atoms with Gasteiger partial charge in [0.15, 0.2) is 0 Å². The molecule has 3 rings (SSSR count). The Hall–Kier alpha value is -2.38. The molecule has 120 valence electrons. The maximum absolute atomic E-state index is 6.26. The number of halogens is 1. The van der Waals surface area contributed by atoms with Gasteiger partial charge in [-0.05, 0) is 12.1 Å². The van der Waals surface area contributed by atoms with Crippen LogP contribution in [-0.2, 0) is 20.1 Å². The molecular formula is C15H17ClN6O. The number of hydrogen-bond donors (Lipinski definition) is 1. The monoisotopic (exact) mass is 332 g/mol. The van der Waals surface area contributed by atoms with Gasteiger partial charge < -0.3 is 10.5 Å². The van der Waals surface area contributed by atoms with Crippen molar-refractivity contribution < 1.29 is 4.74 Å². The fourth-order valence-corrected chi connectivity index (χ4v) is 2.67. The summed E-state index contributed by atoms with van der Waals surface area (Å²) in [4.78, 5) is 0. The molecule has 23 heavy (non-hydrogen) atoms. The lowest BCUT2D eigenvalue weighted by Crippen LogP contribution is -2.03. The van der Waals surface area contributed by atoms with Crippen LogP contribution in [-0.4, -0.2) is 31.9 Å². The van der Waals surface area contributed by atoms with Gasteiger partial charge in [-0.2, -0.15) is 5.10 Å². The van der Waals surface area contributed by atoms with E-state index in [9.17, 15) is 0 Å². The third-order valence-corrected chi connectivity index (χ3v) is 3.88. The molecule has 2 heterocycles. The van der Waals surface area contributed by atoms with Gasteiger partial charge in [0.05, 0.1) is 25.5 Å². The topological polar surface area (TPSA) is 83.8 Å². The van der Waals surface area contributed by atoms with E-state index >= 15 is 0 Å². The SMILES string of the molecule is COc1cccc(Cl)c1Cn1cc(-c2cn(C)nc2CN)nn1. The van der Waals surface area contributed by atoms with Gasteiger partial charge in [0, 0.05) is 35.9 Å². The van der Waals surface area contributed by atoms with Gasteiger partial charge in [-0.15, -0.1) is 5.10 Å². The zero-order chi connectivity index (χ0) is 16.4. The Kier molecular flexibility index (Phi) is 4.31. The van der Waals surface area contributed by atoms with E-state index in [1.165, 1.54) is 0 Å². The van der Waals surface area contributed by atoms with Crippen LogP contribution >= 0.6 is 11.6 Å². The predicted molar refractivity (Wildman–Crippen MR) is 87.2 cm³/mol. The molecule has 0 saturated carbocycles. The van der Waals surface area contributed by atoms with E-state index in [-0.39, 0.29) is 0 Å². The Morgan fingerprint density at radius 2 is 2.13 bits per heavy atom. The number of aryl methyl sites for hydroxylation is 1. The van der Waals surface area contributed by atoms with Gasteiger partial charge in [0.2, 0.25) is 0 Å². The Morgan fingerprint density at radius 3 is 2.87 bits per heavy atom. The molecule has 0 spiro atoms. The Labute approximate surface area is 138 Å². The molecule has 0 aliphatic carbocycles. The van der Waals surface area contributed by atoms with Crippen molar-refractivity contribution in [3.05, 3.63) is 46.9 Å². The number of benzene rings is 1. The molecule has 7 nitrogen and oxygen atoms in total. The second-order valence-electron chi connectivity index (χ2n) is 5.09. The first-order valence-corrected chi connectivity index (χ1v) is 7.44. The molecular weight excluding hydrogens is 316 g/mol. The summed E-state index contributed by atoms with van der Waals surface area (Å²) in [5, 5.41) is 13.3. The molecule has 2 N–H and O–H groups in total. The summed E-state index contributed by atoms with van der Waals surface area (Å²) in [6, 6.07) is 5.54. The molecule has 0 fully saturated rings. The Balaban J connectivity index is 1.91. The first-order valence-electron chi connectivity index (χ1n) is 7.07. The lowest BCUT2D eigenvalue weighted by atomic mass is 10.2. The number of nitrogens with two attached hydrogens (primary N) is 1. The molecule has 8 heteroatoms. The number of ether oxygens (including phenoxy) is 1. The minimum Gasteiger partial charge on any atom is -0.496 e. The smallest absolute Gasteiger partial charge is 0.125 e. The minimum atomic E-state index is 0.349. The van der Waals surface area contributed by atoms with Crippen LogP contribution in [0.5, 0.6) is 5.75 Å². The van der Waals surface area contributed by atoms with Crippen molar-refractivity contribution in [3.63, 3.8) is 0 Å². The van der Waals surface area contributed by atoms with Crippen molar-refractivity contribution in [1.82, 2.24) is 24.8 Å². The third kappa shape index (κ3) is 3.06. The van der Waals surface area contributed by atoms with Gasteiger partial charge in [0.1, 0.15) is 11.4 Å². The van der Waals surface area contributed by atoms with Gasteiger partial charge >= 0.3 is 0 Å². The fraction of sp³-hybridized carbons (Fsp3) is 0.267. The number of methoxy groups -OCH3 is 1. The fourth-order valence-electron chi connectivity index (χ4n) is 2.44. The van der Waals surface area contributed by atoms with Crippen molar-refractivity contribution >= 4 is 11.6 Å². The molecule has 0 bridgehead atoms. The van der Waals surface area contributed by atoms with Crippen LogP contribution in [0.4, 0.5) is 0 Å². The highest BCUT2D eigenvalue weighted by Crippen LogP contribution is 2.27. The zero-order valence-corrected chi connectivity index (χ0v) is 13.7. The molecule has 0 saturated heterocycles. The summed E-state index contributed by atoms with van der Waals surface area (Å²) in [6.07, 6.45) is 3.73. The van der Waals surface area contributed by atoms with E-state index in [4.69, 9.17) is 22.1 Å². The quantitative estimate of drug-likeness (QED) is 0.770. The molecule has 0 atom stereocenters. The molecule has 0 amide bonds. The highest BCUT2D eigenvalue weighted by molar-refractivity contribution is 6.31. The van der Waals surface area contributed by atoms with Gasteiger partial charge in [-0.1, -0.05) is 22.9 Å². The average molecular weight is 333 g/mol. The van der Waals surface area contributed by atoms with Gasteiger partial charge in [0.25, 0.3) is 0 Å². The van der Waals surface area contributed by atoms with Crippen LogP contribution in [0.3, 0.4) is 0 Å². The number of rotatable bonds is 5. The summed E-state index contributed by atoms with van der Waals surface area (Å²) in [7, 11) is 3.47. The normalized spacial score (nSPS) is 11.0. The maximum Gasteiger partial charge on any atom is 0.125 e. The van der Waals surface area contributed by atoms with Crippen LogP contribution < -0.4 is 10.5 Å². The van der Waals surface area contributed by atoms with E-state index in [1.807, 2.05) is 37.6 Å². The van der Waals surface area contributed by atoms with E-state index in [1.54, 1.807) is 16.5 Å². The lowest BCUT2D eigenvalue weighted by molar-refractivity contribution is 0.407. The van der Waals surface area contributed by atoms with Crippen molar-refractivity contribution in [2.75, 3.05) is 7.11 Å². The molecule has 2 aromatic heterocycles. The molecule has 0 aliphatic rings. The number of nitrogens with zero attached hydrogens (tertiary/aromatic N) is 5. The van der Waals surface area contributed by atoms with Crippen LogP contribution in [0.15, 0.2) is 30.6 Å². The predicted octanol–water partition coefficient (Wildman–Crippen LogP) is 1.85. The largest absolute Gasteiger partial charge is 0.496 e. The van der Waals surface area contributed by atoms with Crippen LogP contribution in [0.25, 0.3) is 11.3 Å². The number of aromatic nitrogens is 5. The van der Waals surface area contributed by atoms with Crippen molar-refractivity contribution in [2.24, 2.45) is 12.8 Å². The summed E-state index contributed by atoms with van der Waals surface area (Å²) in [5.41, 5.74) is 8.98. The van der Waals surface area contributed by atoms with Crippen molar-refractivity contribution in [3.8, 4) is 17.0 Å². The molecule has 0 unspecified atom stereocenters. The second-order valence-corrected chi connectivity index (χ2v) is 5.50. The molecule has 1 aromatic carbocycles. The number of hydrogen-bond acceptors (Lipinski definition) is 5. The summed E-state index contributed by atoms with van der Waals surface area (Å²) in [5.74, 6) is 0.721. The van der Waals surface area contributed by atoms with Crippen molar-refractivity contribution in [1.29, 1.82) is 0 Å². The molecule has 0 aliphatic heterocycles. The van der Waals surface area contributed by atoms with E-state index in [0.29, 0.717) is 18.1 Å². The Bertz CT molecular complexity index is 825. The molecule has 3 aromatic rings. The zero-order valence-electron chi connectivity index (χ0n) is 12.9. The third-order valence-electron chi connectivity index (χ3n) is 3.53. The first kappa shape index (κ1) is 15.5. The average Bonchev–Trinajstić information content (AvgIpc) is 3.15. The van der Waals surface area contributed by atoms with Crippen LogP contribution in [0.1, 0.15) is 11.3 Å². The standard InChI is InChI=1S/C15H17ClN6O/c1-21-7-11(13(6-17)19-21)14-9-22(20-18-14)8-10-12(16)4-3-5-15(10)23-2/h3-5,7,9H,6,8,17H2,1-2H3. The van der Waals surface area contributed by atoms with Gasteiger partial charge in [-0.25, -0.2) is 4.68 Å². The van der Waals surface area contributed by atoms with Crippen LogP contribution in [0.2, 0.25) is 5.02 Å². The van der Waals surface area contributed by atoms with Gasteiger partial charge in [-0.3, -0.25) is 4.68 Å². The van der Waals surface area contributed by atoms with Crippen molar-refractivity contribution in [2.45, 2.75) is 13.1 Å².